The number of benzene rings is 1. The molecule has 0 aliphatic carbocycles. The van der Waals surface area contributed by atoms with Crippen LogP contribution in [0.3, 0.4) is 0 Å². The number of nitrogens with zero attached hydrogens (tertiary/aromatic N) is 5. The number of anilines is 1. The predicted molar refractivity (Wildman–Crippen MR) is 100 cm³/mol. The minimum Gasteiger partial charge on any atom is -0.356 e. The number of rotatable bonds is 4. The number of aromatic nitrogens is 4. The Kier molecular flexibility index (Phi) is 4.65. The Balaban J connectivity index is 1.42. The zero-order chi connectivity index (χ0) is 17.9. The summed E-state index contributed by atoms with van der Waals surface area (Å²) in [4.78, 5) is 15.2. The van der Waals surface area contributed by atoms with Gasteiger partial charge >= 0.3 is 0 Å². The highest BCUT2D eigenvalue weighted by atomic mass is 16.5. The second kappa shape index (κ2) is 7.23. The number of piperidine rings is 1. The second-order valence-electron chi connectivity index (χ2n) is 7.06. The van der Waals surface area contributed by atoms with E-state index in [1.54, 1.807) is 12.5 Å². The van der Waals surface area contributed by atoms with Crippen LogP contribution in [0.5, 0.6) is 0 Å². The maximum absolute atomic E-state index is 5.57. The Morgan fingerprint density at radius 3 is 2.50 bits per heavy atom. The maximum atomic E-state index is 5.57. The molecule has 4 rings (SSSR count). The largest absolute Gasteiger partial charge is 0.356 e. The third-order valence-electron chi connectivity index (χ3n) is 5.01. The van der Waals surface area contributed by atoms with Crippen LogP contribution < -0.4 is 4.90 Å². The van der Waals surface area contributed by atoms with Gasteiger partial charge in [-0.25, -0.2) is 9.97 Å². The molecular formula is C20H23N5O. The molecule has 6 heteroatoms. The van der Waals surface area contributed by atoms with Crippen LogP contribution in [-0.2, 0) is 0 Å². The van der Waals surface area contributed by atoms with Crippen molar-refractivity contribution < 1.29 is 4.52 Å². The molecule has 0 bridgehead atoms. The lowest BCUT2D eigenvalue weighted by Gasteiger charge is -2.31. The third kappa shape index (κ3) is 3.45. The van der Waals surface area contributed by atoms with E-state index in [2.05, 4.69) is 63.1 Å². The Morgan fingerprint density at radius 1 is 1.08 bits per heavy atom. The van der Waals surface area contributed by atoms with Gasteiger partial charge in [0.05, 0.1) is 0 Å². The van der Waals surface area contributed by atoms with E-state index in [-0.39, 0.29) is 0 Å². The van der Waals surface area contributed by atoms with Gasteiger partial charge in [0.1, 0.15) is 12.1 Å². The molecule has 0 spiro atoms. The van der Waals surface area contributed by atoms with Crippen molar-refractivity contribution in [3.8, 4) is 11.4 Å². The van der Waals surface area contributed by atoms with Gasteiger partial charge in [-0.15, -0.1) is 0 Å². The van der Waals surface area contributed by atoms with Crippen LogP contribution in [0, 0.1) is 0 Å². The highest BCUT2D eigenvalue weighted by Gasteiger charge is 2.26. The van der Waals surface area contributed by atoms with Crippen molar-refractivity contribution in [3.05, 3.63) is 54.3 Å². The van der Waals surface area contributed by atoms with E-state index < -0.39 is 0 Å². The fourth-order valence-electron chi connectivity index (χ4n) is 3.36. The molecule has 2 aromatic heterocycles. The SMILES string of the molecule is CC(C)c1ccc(-c2noc(C3CCN(c4ccncn4)CC3)n2)cc1. The van der Waals surface area contributed by atoms with Crippen molar-refractivity contribution in [2.45, 2.75) is 38.5 Å². The highest BCUT2D eigenvalue weighted by molar-refractivity contribution is 5.55. The fourth-order valence-corrected chi connectivity index (χ4v) is 3.36. The van der Waals surface area contributed by atoms with Gasteiger partial charge in [-0.05, 0) is 30.4 Å². The van der Waals surface area contributed by atoms with Gasteiger partial charge in [-0.2, -0.15) is 4.98 Å². The molecule has 0 N–H and O–H groups in total. The first-order valence-corrected chi connectivity index (χ1v) is 9.15. The maximum Gasteiger partial charge on any atom is 0.230 e. The first-order chi connectivity index (χ1) is 12.7. The van der Waals surface area contributed by atoms with Crippen LogP contribution in [0.25, 0.3) is 11.4 Å². The minimum atomic E-state index is 0.310. The van der Waals surface area contributed by atoms with Gasteiger partial charge in [0, 0.05) is 30.8 Å². The van der Waals surface area contributed by atoms with E-state index in [9.17, 15) is 0 Å². The van der Waals surface area contributed by atoms with Crippen molar-refractivity contribution in [1.82, 2.24) is 20.1 Å². The van der Waals surface area contributed by atoms with E-state index in [1.165, 1.54) is 5.56 Å². The molecule has 1 aromatic carbocycles. The zero-order valence-corrected chi connectivity index (χ0v) is 15.2. The second-order valence-corrected chi connectivity index (χ2v) is 7.06. The smallest absolute Gasteiger partial charge is 0.230 e. The first-order valence-electron chi connectivity index (χ1n) is 9.15. The molecule has 0 saturated carbocycles. The lowest BCUT2D eigenvalue weighted by atomic mass is 9.97. The Labute approximate surface area is 153 Å². The van der Waals surface area contributed by atoms with Crippen molar-refractivity contribution in [2.75, 3.05) is 18.0 Å². The van der Waals surface area contributed by atoms with Gasteiger partial charge in [-0.1, -0.05) is 43.3 Å². The van der Waals surface area contributed by atoms with Gasteiger partial charge in [0.2, 0.25) is 11.7 Å². The lowest BCUT2D eigenvalue weighted by molar-refractivity contribution is 0.329. The van der Waals surface area contributed by atoms with Crippen LogP contribution in [-0.4, -0.2) is 33.2 Å². The van der Waals surface area contributed by atoms with E-state index in [1.807, 2.05) is 6.07 Å². The summed E-state index contributed by atoms with van der Waals surface area (Å²) in [5.41, 5.74) is 2.32. The van der Waals surface area contributed by atoms with Crippen LogP contribution in [0.1, 0.15) is 50.0 Å². The first kappa shape index (κ1) is 16.7. The summed E-state index contributed by atoms with van der Waals surface area (Å²) in [6.07, 6.45) is 5.34. The molecule has 0 radical (unpaired) electrons. The summed E-state index contributed by atoms with van der Waals surface area (Å²) >= 11 is 0. The van der Waals surface area contributed by atoms with Gasteiger partial charge in [-0.3, -0.25) is 0 Å². The van der Waals surface area contributed by atoms with Crippen LogP contribution in [0.2, 0.25) is 0 Å². The Hall–Kier alpha value is -2.76. The summed E-state index contributed by atoms with van der Waals surface area (Å²) in [5, 5.41) is 4.19. The molecule has 0 amide bonds. The average molecular weight is 349 g/mol. The van der Waals surface area contributed by atoms with Crippen molar-refractivity contribution in [2.24, 2.45) is 0 Å². The molecule has 26 heavy (non-hydrogen) atoms. The van der Waals surface area contributed by atoms with Crippen molar-refractivity contribution in [3.63, 3.8) is 0 Å². The lowest BCUT2D eigenvalue weighted by Crippen LogP contribution is -2.33. The summed E-state index contributed by atoms with van der Waals surface area (Å²) < 4.78 is 5.57. The molecule has 0 unspecified atom stereocenters. The standard InChI is InChI=1S/C20H23N5O/c1-14(2)15-3-5-16(6-4-15)19-23-20(26-24-19)17-8-11-25(12-9-17)18-7-10-21-13-22-18/h3-7,10,13-14,17H,8-9,11-12H2,1-2H3. The summed E-state index contributed by atoms with van der Waals surface area (Å²) in [6.45, 7) is 6.25. The van der Waals surface area contributed by atoms with Gasteiger partial charge < -0.3 is 9.42 Å². The molecule has 1 aliphatic rings. The van der Waals surface area contributed by atoms with E-state index in [0.717, 1.165) is 43.2 Å². The van der Waals surface area contributed by atoms with Crippen LogP contribution in [0.15, 0.2) is 47.4 Å². The van der Waals surface area contributed by atoms with E-state index >= 15 is 0 Å². The quantitative estimate of drug-likeness (QED) is 0.708. The van der Waals surface area contributed by atoms with Gasteiger partial charge in [0.15, 0.2) is 0 Å². The number of hydrogen-bond donors (Lipinski definition) is 0. The summed E-state index contributed by atoms with van der Waals surface area (Å²) in [6, 6.07) is 10.4. The molecule has 1 fully saturated rings. The van der Waals surface area contributed by atoms with E-state index in [0.29, 0.717) is 17.7 Å². The molecule has 3 aromatic rings. The molecular weight excluding hydrogens is 326 g/mol. The van der Waals surface area contributed by atoms with Crippen LogP contribution in [0.4, 0.5) is 5.82 Å². The number of hydrogen-bond acceptors (Lipinski definition) is 6. The molecule has 6 nitrogen and oxygen atoms in total. The van der Waals surface area contributed by atoms with Crippen molar-refractivity contribution in [1.29, 1.82) is 0 Å². The average Bonchev–Trinajstić information content (AvgIpc) is 3.19. The molecule has 134 valence electrons. The molecule has 0 atom stereocenters. The normalized spacial score (nSPS) is 15.6. The monoisotopic (exact) mass is 349 g/mol. The van der Waals surface area contributed by atoms with Crippen molar-refractivity contribution >= 4 is 5.82 Å². The highest BCUT2D eigenvalue weighted by Crippen LogP contribution is 2.30. The van der Waals surface area contributed by atoms with E-state index in [4.69, 9.17) is 4.52 Å². The summed E-state index contributed by atoms with van der Waals surface area (Å²) in [5.74, 6) is 3.23. The van der Waals surface area contributed by atoms with Gasteiger partial charge in [0.25, 0.3) is 0 Å². The zero-order valence-electron chi connectivity index (χ0n) is 15.2. The third-order valence-corrected chi connectivity index (χ3v) is 5.01. The predicted octanol–water partition coefficient (Wildman–Crippen LogP) is 4.03. The molecule has 1 saturated heterocycles. The molecule has 1 aliphatic heterocycles. The Bertz CT molecular complexity index is 836. The molecule has 3 heterocycles. The minimum absolute atomic E-state index is 0.310. The van der Waals surface area contributed by atoms with Crippen LogP contribution >= 0.6 is 0 Å². The topological polar surface area (TPSA) is 67.9 Å². The summed E-state index contributed by atoms with van der Waals surface area (Å²) in [7, 11) is 0. The Morgan fingerprint density at radius 2 is 1.85 bits per heavy atom. The fraction of sp³-hybridized carbons (Fsp3) is 0.400.